The van der Waals surface area contributed by atoms with Gasteiger partial charge in [-0.1, -0.05) is 48.0 Å². The van der Waals surface area contributed by atoms with Crippen LogP contribution in [0.4, 0.5) is 0 Å². The zero-order chi connectivity index (χ0) is 13.4. The Bertz CT molecular complexity index is 645. The van der Waals surface area contributed by atoms with Gasteiger partial charge in [0.15, 0.2) is 5.78 Å². The first-order chi connectivity index (χ1) is 9.16. The van der Waals surface area contributed by atoms with Crippen LogP contribution in [0.3, 0.4) is 0 Å². The molecule has 0 saturated heterocycles. The second-order valence-electron chi connectivity index (χ2n) is 5.11. The van der Waals surface area contributed by atoms with Gasteiger partial charge in [-0.25, -0.2) is 0 Å². The summed E-state index contributed by atoms with van der Waals surface area (Å²) < 4.78 is 0. The van der Waals surface area contributed by atoms with Crippen molar-refractivity contribution in [2.24, 2.45) is 0 Å². The SMILES string of the molecule is Cc1cc([C@H]2CCC(=O)c3ccccc32)ccc1Cl. The highest BCUT2D eigenvalue weighted by Gasteiger charge is 2.26. The third kappa shape index (κ3) is 2.19. The first-order valence-corrected chi connectivity index (χ1v) is 6.93. The second-order valence-corrected chi connectivity index (χ2v) is 5.52. The summed E-state index contributed by atoms with van der Waals surface area (Å²) in [5.41, 5.74) is 4.38. The van der Waals surface area contributed by atoms with Crippen molar-refractivity contribution in [2.45, 2.75) is 25.7 Å². The molecule has 1 nitrogen and oxygen atoms in total. The molecule has 96 valence electrons. The molecule has 1 aliphatic rings. The highest BCUT2D eigenvalue weighted by molar-refractivity contribution is 6.31. The number of halogens is 1. The summed E-state index contributed by atoms with van der Waals surface area (Å²) in [4.78, 5) is 12.0. The molecule has 0 amide bonds. The maximum absolute atomic E-state index is 12.0. The van der Waals surface area contributed by atoms with Crippen LogP contribution in [0.1, 0.15) is 45.8 Å². The zero-order valence-electron chi connectivity index (χ0n) is 10.8. The van der Waals surface area contributed by atoms with Crippen molar-refractivity contribution in [3.05, 3.63) is 69.7 Å². The molecule has 0 unspecified atom stereocenters. The summed E-state index contributed by atoms with van der Waals surface area (Å²) in [5.74, 6) is 0.572. The van der Waals surface area contributed by atoms with Gasteiger partial charge >= 0.3 is 0 Å². The third-order valence-electron chi connectivity index (χ3n) is 3.88. The van der Waals surface area contributed by atoms with Gasteiger partial charge in [0.25, 0.3) is 0 Å². The largest absolute Gasteiger partial charge is 0.294 e. The summed E-state index contributed by atoms with van der Waals surface area (Å²) >= 11 is 6.09. The summed E-state index contributed by atoms with van der Waals surface area (Å²) in [6, 6.07) is 14.1. The van der Waals surface area contributed by atoms with Gasteiger partial charge < -0.3 is 0 Å². The van der Waals surface area contributed by atoms with Crippen molar-refractivity contribution < 1.29 is 4.79 Å². The number of carbonyl (C=O) groups excluding carboxylic acids is 1. The van der Waals surface area contributed by atoms with Crippen molar-refractivity contribution in [3.8, 4) is 0 Å². The highest BCUT2D eigenvalue weighted by Crippen LogP contribution is 2.37. The number of hydrogen-bond acceptors (Lipinski definition) is 1. The maximum Gasteiger partial charge on any atom is 0.163 e. The van der Waals surface area contributed by atoms with E-state index in [-0.39, 0.29) is 5.78 Å². The molecule has 0 radical (unpaired) electrons. The molecule has 19 heavy (non-hydrogen) atoms. The Morgan fingerprint density at radius 3 is 2.74 bits per heavy atom. The topological polar surface area (TPSA) is 17.1 Å². The lowest BCUT2D eigenvalue weighted by Crippen LogP contribution is -2.16. The van der Waals surface area contributed by atoms with Crippen LogP contribution in [0.15, 0.2) is 42.5 Å². The van der Waals surface area contributed by atoms with Gasteiger partial charge in [-0.15, -0.1) is 0 Å². The quantitative estimate of drug-likeness (QED) is 0.730. The molecule has 2 aromatic rings. The van der Waals surface area contributed by atoms with Crippen LogP contribution < -0.4 is 0 Å². The van der Waals surface area contributed by atoms with E-state index in [4.69, 9.17) is 11.6 Å². The fraction of sp³-hybridized carbons (Fsp3) is 0.235. The monoisotopic (exact) mass is 270 g/mol. The molecular weight excluding hydrogens is 256 g/mol. The second kappa shape index (κ2) is 4.82. The molecule has 0 spiro atoms. The molecule has 0 fully saturated rings. The van der Waals surface area contributed by atoms with Gasteiger partial charge in [-0.2, -0.15) is 0 Å². The molecule has 1 atom stereocenters. The summed E-state index contributed by atoms with van der Waals surface area (Å²) in [6.07, 6.45) is 1.51. The van der Waals surface area contributed by atoms with Crippen molar-refractivity contribution in [1.29, 1.82) is 0 Å². The molecular formula is C17H15ClO. The number of aryl methyl sites for hydroxylation is 1. The van der Waals surface area contributed by atoms with E-state index in [0.717, 1.165) is 28.1 Å². The van der Waals surface area contributed by atoms with E-state index < -0.39 is 0 Å². The predicted molar refractivity (Wildman–Crippen MR) is 78.0 cm³/mol. The fourth-order valence-corrected chi connectivity index (χ4v) is 2.97. The first kappa shape index (κ1) is 12.4. The van der Waals surface area contributed by atoms with Gasteiger partial charge in [0, 0.05) is 22.9 Å². The fourth-order valence-electron chi connectivity index (χ4n) is 2.85. The Hall–Kier alpha value is -1.60. The van der Waals surface area contributed by atoms with Gasteiger partial charge in [0.05, 0.1) is 0 Å². The van der Waals surface area contributed by atoms with Crippen molar-refractivity contribution in [2.75, 3.05) is 0 Å². The van der Waals surface area contributed by atoms with Crippen molar-refractivity contribution >= 4 is 17.4 Å². The minimum atomic E-state index is 0.262. The van der Waals surface area contributed by atoms with Crippen LogP contribution in [0.5, 0.6) is 0 Å². The highest BCUT2D eigenvalue weighted by atomic mass is 35.5. The minimum absolute atomic E-state index is 0.262. The number of hydrogen-bond donors (Lipinski definition) is 0. The number of rotatable bonds is 1. The number of benzene rings is 2. The average Bonchev–Trinajstić information content (AvgIpc) is 2.43. The molecule has 2 heteroatoms. The van der Waals surface area contributed by atoms with Crippen LogP contribution >= 0.6 is 11.6 Å². The van der Waals surface area contributed by atoms with Gasteiger partial charge in [-0.05, 0) is 36.1 Å². The van der Waals surface area contributed by atoms with Gasteiger partial charge in [0.2, 0.25) is 0 Å². The van der Waals surface area contributed by atoms with E-state index in [2.05, 4.69) is 18.2 Å². The van der Waals surface area contributed by atoms with Crippen LogP contribution in [-0.2, 0) is 0 Å². The van der Waals surface area contributed by atoms with E-state index in [0.29, 0.717) is 12.3 Å². The smallest absolute Gasteiger partial charge is 0.163 e. The van der Waals surface area contributed by atoms with E-state index in [1.54, 1.807) is 0 Å². The minimum Gasteiger partial charge on any atom is -0.294 e. The number of carbonyl (C=O) groups is 1. The lowest BCUT2D eigenvalue weighted by atomic mass is 9.78. The molecule has 3 rings (SSSR count). The lowest BCUT2D eigenvalue weighted by molar-refractivity contribution is 0.0969. The predicted octanol–water partition coefficient (Wildman–Crippen LogP) is 4.76. The first-order valence-electron chi connectivity index (χ1n) is 6.55. The molecule has 1 aliphatic carbocycles. The Kier molecular flexibility index (Phi) is 3.16. The van der Waals surface area contributed by atoms with E-state index in [1.807, 2.05) is 31.2 Å². The van der Waals surface area contributed by atoms with Gasteiger partial charge in [-0.3, -0.25) is 4.79 Å². The molecule has 2 aromatic carbocycles. The Labute approximate surface area is 118 Å². The number of fused-ring (bicyclic) bond motifs is 1. The molecule has 0 N–H and O–H groups in total. The van der Waals surface area contributed by atoms with Gasteiger partial charge in [0.1, 0.15) is 0 Å². The normalized spacial score (nSPS) is 18.2. The Balaban J connectivity index is 2.09. The lowest BCUT2D eigenvalue weighted by Gasteiger charge is -2.25. The standard InChI is InChI=1S/C17H15ClO/c1-11-10-12(6-8-16(11)18)13-7-9-17(19)15-5-3-2-4-14(13)15/h2-6,8,10,13H,7,9H2,1H3/t13-/m1/s1. The summed E-state index contributed by atoms with van der Waals surface area (Å²) in [5, 5.41) is 0.795. The van der Waals surface area contributed by atoms with E-state index in [1.165, 1.54) is 5.56 Å². The van der Waals surface area contributed by atoms with Crippen LogP contribution in [0.25, 0.3) is 0 Å². The van der Waals surface area contributed by atoms with Crippen molar-refractivity contribution in [1.82, 2.24) is 0 Å². The summed E-state index contributed by atoms with van der Waals surface area (Å²) in [7, 11) is 0. The molecule has 0 heterocycles. The van der Waals surface area contributed by atoms with Crippen LogP contribution in [0, 0.1) is 6.92 Å². The maximum atomic E-state index is 12.0. The van der Waals surface area contributed by atoms with Crippen LogP contribution in [-0.4, -0.2) is 5.78 Å². The molecule has 0 saturated carbocycles. The summed E-state index contributed by atoms with van der Waals surface area (Å²) in [6.45, 7) is 2.02. The number of Topliss-reactive ketones (excluding diaryl/α,β-unsaturated/α-hetero) is 1. The Morgan fingerprint density at radius 1 is 1.16 bits per heavy atom. The average molecular weight is 271 g/mol. The number of ketones is 1. The van der Waals surface area contributed by atoms with Crippen LogP contribution in [0.2, 0.25) is 5.02 Å². The molecule has 0 aromatic heterocycles. The zero-order valence-corrected chi connectivity index (χ0v) is 11.6. The molecule has 0 aliphatic heterocycles. The third-order valence-corrected chi connectivity index (χ3v) is 4.31. The van der Waals surface area contributed by atoms with Crippen molar-refractivity contribution in [3.63, 3.8) is 0 Å². The Morgan fingerprint density at radius 2 is 1.95 bits per heavy atom. The van der Waals surface area contributed by atoms with E-state index in [9.17, 15) is 4.79 Å². The van der Waals surface area contributed by atoms with E-state index >= 15 is 0 Å². The molecule has 0 bridgehead atoms.